The molecule has 2 nitrogen and oxygen atoms in total. The Kier molecular flexibility index (Phi) is 3.32. The molecule has 0 saturated heterocycles. The molecule has 0 aliphatic carbocycles. The Bertz CT molecular complexity index is 312. The number of carbonyl (C=O) groups excluding carboxylic acids is 1. The predicted molar refractivity (Wildman–Crippen MR) is 54.1 cm³/mol. The molecular weight excluding hydrogens is 186 g/mol. The molecule has 0 bridgehead atoms. The second-order valence-electron chi connectivity index (χ2n) is 2.80. The monoisotopic (exact) mass is 197 g/mol. The van der Waals surface area contributed by atoms with E-state index in [1.165, 1.54) is 0 Å². The Morgan fingerprint density at radius 3 is 2.62 bits per heavy atom. The van der Waals surface area contributed by atoms with Gasteiger partial charge in [0.05, 0.1) is 10.6 Å². The molecule has 0 spiro atoms. The van der Waals surface area contributed by atoms with Crippen molar-refractivity contribution in [3.63, 3.8) is 0 Å². The van der Waals surface area contributed by atoms with Crippen LogP contribution in [0.1, 0.15) is 17.3 Å². The van der Waals surface area contributed by atoms with Crippen LogP contribution < -0.4 is 0 Å². The second kappa shape index (κ2) is 4.28. The van der Waals surface area contributed by atoms with E-state index in [0.29, 0.717) is 17.1 Å². The molecule has 0 unspecified atom stereocenters. The van der Waals surface area contributed by atoms with Crippen LogP contribution in [-0.2, 0) is 0 Å². The molecule has 0 saturated carbocycles. The lowest BCUT2D eigenvalue weighted by Gasteiger charge is -2.14. The maximum atomic E-state index is 11.6. The first-order valence-electron chi connectivity index (χ1n) is 4.16. The zero-order chi connectivity index (χ0) is 9.84. The van der Waals surface area contributed by atoms with Crippen LogP contribution in [-0.4, -0.2) is 24.4 Å². The van der Waals surface area contributed by atoms with Gasteiger partial charge in [-0.25, -0.2) is 0 Å². The molecule has 0 N–H and O–H groups in total. The molecule has 13 heavy (non-hydrogen) atoms. The fourth-order valence-electron chi connectivity index (χ4n) is 0.984. The average Bonchev–Trinajstić information content (AvgIpc) is 2.16. The molecule has 70 valence electrons. The minimum absolute atomic E-state index is 0.0342. The van der Waals surface area contributed by atoms with E-state index in [1.54, 1.807) is 24.1 Å². The summed E-state index contributed by atoms with van der Waals surface area (Å²) in [6.07, 6.45) is 0. The third kappa shape index (κ3) is 2.22. The Labute approximate surface area is 83.1 Å². The molecule has 0 aliphatic rings. The fraction of sp³-hybridized carbons (Fsp3) is 0.300. The molecule has 0 aliphatic heterocycles. The van der Waals surface area contributed by atoms with E-state index in [2.05, 4.69) is 0 Å². The first-order valence-corrected chi connectivity index (χ1v) is 4.54. The number of nitrogens with zero attached hydrogens (tertiary/aromatic N) is 1. The van der Waals surface area contributed by atoms with Crippen molar-refractivity contribution >= 4 is 17.5 Å². The van der Waals surface area contributed by atoms with Gasteiger partial charge in [-0.2, -0.15) is 0 Å². The van der Waals surface area contributed by atoms with Crippen LogP contribution in [0.5, 0.6) is 0 Å². The number of hydrogen-bond donors (Lipinski definition) is 0. The number of hydrogen-bond acceptors (Lipinski definition) is 1. The van der Waals surface area contributed by atoms with E-state index >= 15 is 0 Å². The molecule has 0 heterocycles. The number of rotatable bonds is 2. The topological polar surface area (TPSA) is 20.3 Å². The summed E-state index contributed by atoms with van der Waals surface area (Å²) in [6.45, 7) is 2.61. The Morgan fingerprint density at radius 1 is 1.46 bits per heavy atom. The summed E-state index contributed by atoms with van der Waals surface area (Å²) in [6, 6.07) is 7.07. The van der Waals surface area contributed by atoms with Crippen molar-refractivity contribution in [2.75, 3.05) is 13.6 Å². The maximum absolute atomic E-state index is 11.6. The van der Waals surface area contributed by atoms with E-state index < -0.39 is 0 Å². The molecule has 0 aromatic heterocycles. The summed E-state index contributed by atoms with van der Waals surface area (Å²) in [5.41, 5.74) is 0.563. The van der Waals surface area contributed by atoms with Gasteiger partial charge in [0.1, 0.15) is 0 Å². The van der Waals surface area contributed by atoms with Crippen LogP contribution in [0.2, 0.25) is 5.02 Å². The quantitative estimate of drug-likeness (QED) is 0.713. The third-order valence-corrected chi connectivity index (χ3v) is 2.25. The van der Waals surface area contributed by atoms with Crippen molar-refractivity contribution in [1.82, 2.24) is 4.90 Å². The number of halogens is 1. The highest BCUT2D eigenvalue weighted by molar-refractivity contribution is 6.33. The van der Waals surface area contributed by atoms with E-state index in [-0.39, 0.29) is 5.91 Å². The smallest absolute Gasteiger partial charge is 0.255 e. The highest BCUT2D eigenvalue weighted by Gasteiger charge is 2.12. The van der Waals surface area contributed by atoms with Gasteiger partial charge in [-0.3, -0.25) is 4.79 Å². The van der Waals surface area contributed by atoms with Crippen LogP contribution in [0.15, 0.2) is 24.3 Å². The Hall–Kier alpha value is -1.02. The van der Waals surface area contributed by atoms with Gasteiger partial charge in [-0.05, 0) is 19.1 Å². The predicted octanol–water partition coefficient (Wildman–Crippen LogP) is 2.43. The first-order chi connectivity index (χ1) is 6.16. The van der Waals surface area contributed by atoms with Crippen molar-refractivity contribution in [1.29, 1.82) is 0 Å². The van der Waals surface area contributed by atoms with Crippen LogP contribution >= 0.6 is 11.6 Å². The highest BCUT2D eigenvalue weighted by Crippen LogP contribution is 2.16. The molecule has 1 aromatic rings. The standard InChI is InChI=1S/C10H12ClNO/c1-3-12(2)10(13)8-6-4-5-7-9(8)11/h4-7H,3H2,1-2H3. The summed E-state index contributed by atoms with van der Waals surface area (Å²) < 4.78 is 0. The largest absolute Gasteiger partial charge is 0.342 e. The normalized spacial score (nSPS) is 9.77. The molecule has 0 fully saturated rings. The molecule has 3 heteroatoms. The summed E-state index contributed by atoms with van der Waals surface area (Å²) in [7, 11) is 1.76. The molecule has 1 rings (SSSR count). The second-order valence-corrected chi connectivity index (χ2v) is 3.21. The van der Waals surface area contributed by atoms with Crippen LogP contribution in [0.4, 0.5) is 0 Å². The van der Waals surface area contributed by atoms with Gasteiger partial charge in [-0.15, -0.1) is 0 Å². The molecular formula is C10H12ClNO. The summed E-state index contributed by atoms with van der Waals surface area (Å²) >= 11 is 5.87. The van der Waals surface area contributed by atoms with E-state index in [1.807, 2.05) is 19.1 Å². The number of carbonyl (C=O) groups is 1. The van der Waals surface area contributed by atoms with Crippen LogP contribution in [0.25, 0.3) is 0 Å². The average molecular weight is 198 g/mol. The van der Waals surface area contributed by atoms with Gasteiger partial charge >= 0.3 is 0 Å². The van der Waals surface area contributed by atoms with Gasteiger partial charge in [0.15, 0.2) is 0 Å². The summed E-state index contributed by atoms with van der Waals surface area (Å²) in [5, 5.41) is 0.507. The SMILES string of the molecule is CCN(C)C(=O)c1ccccc1Cl. The van der Waals surface area contributed by atoms with E-state index in [4.69, 9.17) is 11.6 Å². The van der Waals surface area contributed by atoms with Crippen molar-refractivity contribution < 1.29 is 4.79 Å². The maximum Gasteiger partial charge on any atom is 0.255 e. The zero-order valence-electron chi connectivity index (χ0n) is 7.75. The van der Waals surface area contributed by atoms with Crippen molar-refractivity contribution in [2.45, 2.75) is 6.92 Å². The minimum Gasteiger partial charge on any atom is -0.342 e. The van der Waals surface area contributed by atoms with Gasteiger partial charge in [0.25, 0.3) is 5.91 Å². The fourth-order valence-corrected chi connectivity index (χ4v) is 1.20. The number of benzene rings is 1. The van der Waals surface area contributed by atoms with Crippen molar-refractivity contribution in [3.8, 4) is 0 Å². The Morgan fingerprint density at radius 2 is 2.08 bits per heavy atom. The van der Waals surface area contributed by atoms with E-state index in [0.717, 1.165) is 0 Å². The molecule has 1 aromatic carbocycles. The zero-order valence-corrected chi connectivity index (χ0v) is 8.51. The molecule has 0 radical (unpaired) electrons. The summed E-state index contributed by atoms with van der Waals surface area (Å²) in [5.74, 6) is -0.0342. The lowest BCUT2D eigenvalue weighted by atomic mass is 10.2. The highest BCUT2D eigenvalue weighted by atomic mass is 35.5. The van der Waals surface area contributed by atoms with Crippen molar-refractivity contribution in [3.05, 3.63) is 34.9 Å². The molecule has 0 atom stereocenters. The minimum atomic E-state index is -0.0342. The van der Waals surface area contributed by atoms with Gasteiger partial charge in [0.2, 0.25) is 0 Å². The van der Waals surface area contributed by atoms with Crippen molar-refractivity contribution in [2.24, 2.45) is 0 Å². The lowest BCUT2D eigenvalue weighted by molar-refractivity contribution is 0.0802. The van der Waals surface area contributed by atoms with Gasteiger partial charge in [-0.1, -0.05) is 23.7 Å². The summed E-state index contributed by atoms with van der Waals surface area (Å²) in [4.78, 5) is 13.3. The first kappa shape index (κ1) is 10.1. The lowest BCUT2D eigenvalue weighted by Crippen LogP contribution is -2.26. The van der Waals surface area contributed by atoms with Crippen LogP contribution in [0.3, 0.4) is 0 Å². The van der Waals surface area contributed by atoms with E-state index in [9.17, 15) is 4.79 Å². The Balaban J connectivity index is 2.95. The molecule has 1 amide bonds. The van der Waals surface area contributed by atoms with Crippen LogP contribution in [0, 0.1) is 0 Å². The number of amides is 1. The van der Waals surface area contributed by atoms with Gasteiger partial charge < -0.3 is 4.90 Å². The van der Waals surface area contributed by atoms with Gasteiger partial charge in [0, 0.05) is 13.6 Å². The third-order valence-electron chi connectivity index (χ3n) is 1.93.